The van der Waals surface area contributed by atoms with Crippen LogP contribution in [0.25, 0.3) is 11.1 Å². The summed E-state index contributed by atoms with van der Waals surface area (Å²) in [4.78, 5) is 23.6. The first kappa shape index (κ1) is 23.6. The number of halogens is 2. The monoisotopic (exact) mass is 467 g/mol. The fraction of sp³-hybridized carbons (Fsp3) is 0.320. The van der Waals surface area contributed by atoms with Crippen molar-refractivity contribution < 1.29 is 18.3 Å². The molecular formula is C25H27F2N5O2. The molecule has 9 heteroatoms. The third-order valence-electron chi connectivity index (χ3n) is 5.89. The molecule has 34 heavy (non-hydrogen) atoms. The predicted octanol–water partition coefficient (Wildman–Crippen LogP) is 5.22. The van der Waals surface area contributed by atoms with Crippen molar-refractivity contribution in [2.45, 2.75) is 38.8 Å². The lowest BCUT2D eigenvalue weighted by Crippen LogP contribution is -2.44. The van der Waals surface area contributed by atoms with E-state index < -0.39 is 6.61 Å². The van der Waals surface area contributed by atoms with E-state index in [1.54, 1.807) is 24.5 Å². The van der Waals surface area contributed by atoms with Crippen LogP contribution in [0.15, 0.2) is 54.9 Å². The van der Waals surface area contributed by atoms with Crippen LogP contribution in [0.5, 0.6) is 5.75 Å². The zero-order chi connectivity index (χ0) is 24.1. The number of amides is 1. The van der Waals surface area contributed by atoms with Crippen molar-refractivity contribution in [1.82, 2.24) is 14.9 Å². The number of likely N-dealkylation sites (tertiary alicyclic amines) is 1. The summed E-state index contributed by atoms with van der Waals surface area (Å²) in [5.74, 6) is 0.498. The summed E-state index contributed by atoms with van der Waals surface area (Å²) in [6.45, 7) is 0.0238. The number of nitrogens with one attached hydrogen (secondary N) is 2. The molecule has 1 atom stereocenters. The van der Waals surface area contributed by atoms with Gasteiger partial charge in [0.25, 0.3) is 0 Å². The Balaban J connectivity index is 1.42. The predicted molar refractivity (Wildman–Crippen MR) is 127 cm³/mol. The van der Waals surface area contributed by atoms with Gasteiger partial charge in [-0.3, -0.25) is 9.69 Å². The van der Waals surface area contributed by atoms with Crippen LogP contribution in [-0.2, 0) is 4.79 Å². The molecule has 2 heterocycles. The zero-order valence-corrected chi connectivity index (χ0v) is 19.1. The van der Waals surface area contributed by atoms with Gasteiger partial charge in [0, 0.05) is 29.3 Å². The van der Waals surface area contributed by atoms with E-state index in [0.717, 1.165) is 53.9 Å². The van der Waals surface area contributed by atoms with Gasteiger partial charge < -0.3 is 15.4 Å². The number of hydrogen-bond donors (Lipinski definition) is 2. The minimum absolute atomic E-state index is 0.00743. The van der Waals surface area contributed by atoms with Gasteiger partial charge in [0.05, 0.1) is 6.04 Å². The molecule has 1 aliphatic heterocycles. The second-order valence-corrected chi connectivity index (χ2v) is 8.33. The van der Waals surface area contributed by atoms with Crippen molar-refractivity contribution in [2.24, 2.45) is 0 Å². The highest BCUT2D eigenvalue weighted by atomic mass is 19.3. The minimum Gasteiger partial charge on any atom is -0.435 e. The third kappa shape index (κ3) is 5.85. The van der Waals surface area contributed by atoms with Crippen molar-refractivity contribution in [1.29, 1.82) is 0 Å². The Hall–Kier alpha value is -3.59. The number of benzene rings is 2. The van der Waals surface area contributed by atoms with E-state index in [1.165, 1.54) is 12.1 Å². The van der Waals surface area contributed by atoms with Crippen LogP contribution < -0.4 is 15.4 Å². The SMILES string of the molecule is Cc1ccc(Nc2ncc(-c3ccc(OC(F)F)cc3)cn2)cc1NC(=O)C1CCCCN1C. The molecule has 3 aromatic rings. The largest absolute Gasteiger partial charge is 0.435 e. The maximum absolute atomic E-state index is 12.8. The molecule has 1 fully saturated rings. The number of carbonyl (C=O) groups is 1. The van der Waals surface area contributed by atoms with Gasteiger partial charge in [0.15, 0.2) is 0 Å². The Bertz CT molecular complexity index is 1120. The summed E-state index contributed by atoms with van der Waals surface area (Å²) < 4.78 is 29.0. The van der Waals surface area contributed by atoms with Crippen molar-refractivity contribution in [3.8, 4) is 16.9 Å². The topological polar surface area (TPSA) is 79.4 Å². The van der Waals surface area contributed by atoms with E-state index >= 15 is 0 Å². The number of aryl methyl sites for hydroxylation is 1. The van der Waals surface area contributed by atoms with Crippen molar-refractivity contribution >= 4 is 23.2 Å². The van der Waals surface area contributed by atoms with E-state index in [1.807, 2.05) is 32.2 Å². The lowest BCUT2D eigenvalue weighted by Gasteiger charge is -2.31. The lowest BCUT2D eigenvalue weighted by molar-refractivity contribution is -0.121. The van der Waals surface area contributed by atoms with Crippen LogP contribution in [0.3, 0.4) is 0 Å². The maximum Gasteiger partial charge on any atom is 0.387 e. The number of likely N-dealkylation sites (N-methyl/N-ethyl adjacent to an activating group) is 1. The second-order valence-electron chi connectivity index (χ2n) is 8.33. The molecule has 1 amide bonds. The first-order valence-corrected chi connectivity index (χ1v) is 11.1. The number of ether oxygens (including phenoxy) is 1. The van der Waals surface area contributed by atoms with Crippen molar-refractivity contribution in [3.63, 3.8) is 0 Å². The molecule has 0 saturated carbocycles. The molecule has 0 radical (unpaired) electrons. The Morgan fingerprint density at radius 3 is 2.50 bits per heavy atom. The normalized spacial score (nSPS) is 16.3. The summed E-state index contributed by atoms with van der Waals surface area (Å²) in [5.41, 5.74) is 3.98. The summed E-state index contributed by atoms with van der Waals surface area (Å²) in [6.07, 6.45) is 6.34. The van der Waals surface area contributed by atoms with Crippen LogP contribution in [0.4, 0.5) is 26.1 Å². The molecule has 2 N–H and O–H groups in total. The summed E-state index contributed by atoms with van der Waals surface area (Å²) >= 11 is 0. The second kappa shape index (κ2) is 10.6. The Morgan fingerprint density at radius 1 is 1.09 bits per heavy atom. The zero-order valence-electron chi connectivity index (χ0n) is 19.1. The van der Waals surface area contributed by atoms with E-state index in [4.69, 9.17) is 0 Å². The molecule has 2 aromatic carbocycles. The minimum atomic E-state index is -2.86. The summed E-state index contributed by atoms with van der Waals surface area (Å²) in [7, 11) is 1.99. The molecule has 4 rings (SSSR count). The molecule has 1 unspecified atom stereocenters. The summed E-state index contributed by atoms with van der Waals surface area (Å²) in [6, 6.07) is 11.9. The molecule has 1 aromatic heterocycles. The molecule has 178 valence electrons. The first-order chi connectivity index (χ1) is 16.4. The van der Waals surface area contributed by atoms with Crippen LogP contribution in [0, 0.1) is 6.92 Å². The number of anilines is 3. The highest BCUT2D eigenvalue weighted by molar-refractivity contribution is 5.96. The van der Waals surface area contributed by atoms with Gasteiger partial charge in [0.1, 0.15) is 5.75 Å². The van der Waals surface area contributed by atoms with Crippen LogP contribution in [-0.4, -0.2) is 47.0 Å². The molecular weight excluding hydrogens is 440 g/mol. The van der Waals surface area contributed by atoms with Gasteiger partial charge in [-0.2, -0.15) is 8.78 Å². The number of carbonyl (C=O) groups excluding carboxylic acids is 1. The highest BCUT2D eigenvalue weighted by Crippen LogP contribution is 2.26. The highest BCUT2D eigenvalue weighted by Gasteiger charge is 2.26. The smallest absolute Gasteiger partial charge is 0.387 e. The Labute approximate surface area is 197 Å². The van der Waals surface area contributed by atoms with E-state index in [9.17, 15) is 13.6 Å². The average molecular weight is 468 g/mol. The van der Waals surface area contributed by atoms with Gasteiger partial charge >= 0.3 is 6.61 Å². The van der Waals surface area contributed by atoms with Gasteiger partial charge in [-0.25, -0.2) is 9.97 Å². The number of hydrogen-bond acceptors (Lipinski definition) is 6. The van der Waals surface area contributed by atoms with Gasteiger partial charge in [-0.1, -0.05) is 24.6 Å². The fourth-order valence-electron chi connectivity index (χ4n) is 3.96. The van der Waals surface area contributed by atoms with Crippen LogP contribution in [0.2, 0.25) is 0 Å². The van der Waals surface area contributed by atoms with E-state index in [-0.39, 0.29) is 17.7 Å². The van der Waals surface area contributed by atoms with Crippen molar-refractivity contribution in [3.05, 3.63) is 60.4 Å². The van der Waals surface area contributed by atoms with Crippen LogP contribution >= 0.6 is 0 Å². The standard InChI is InChI=1S/C25H27F2N5O2/c1-16-6-9-19(13-21(16)31-23(33)22-5-3-4-12-32(22)2)30-25-28-14-18(15-29-25)17-7-10-20(11-8-17)34-24(26)27/h6-11,13-15,22,24H,3-5,12H2,1-2H3,(H,31,33)(H,28,29,30). The van der Waals surface area contributed by atoms with E-state index in [2.05, 4.69) is 30.2 Å². The number of alkyl halides is 2. The Kier molecular flexibility index (Phi) is 7.32. The number of nitrogens with zero attached hydrogens (tertiary/aromatic N) is 3. The van der Waals surface area contributed by atoms with Crippen molar-refractivity contribution in [2.75, 3.05) is 24.2 Å². The first-order valence-electron chi connectivity index (χ1n) is 11.1. The van der Waals surface area contributed by atoms with E-state index in [0.29, 0.717) is 5.95 Å². The molecule has 1 saturated heterocycles. The fourth-order valence-corrected chi connectivity index (χ4v) is 3.96. The quantitative estimate of drug-likeness (QED) is 0.496. The third-order valence-corrected chi connectivity index (χ3v) is 5.89. The van der Waals surface area contributed by atoms with Gasteiger partial charge in [-0.05, 0) is 68.8 Å². The molecule has 1 aliphatic rings. The summed E-state index contributed by atoms with van der Waals surface area (Å²) in [5, 5.41) is 6.22. The maximum atomic E-state index is 12.8. The molecule has 0 spiro atoms. The number of aromatic nitrogens is 2. The molecule has 0 aliphatic carbocycles. The molecule has 7 nitrogen and oxygen atoms in total. The van der Waals surface area contributed by atoms with Gasteiger partial charge in [0.2, 0.25) is 11.9 Å². The Morgan fingerprint density at radius 2 is 1.82 bits per heavy atom. The van der Waals surface area contributed by atoms with Gasteiger partial charge in [-0.15, -0.1) is 0 Å². The number of piperidine rings is 1. The lowest BCUT2D eigenvalue weighted by atomic mass is 10.0. The number of rotatable bonds is 7. The molecule has 0 bridgehead atoms. The average Bonchev–Trinajstić information content (AvgIpc) is 2.82. The van der Waals surface area contributed by atoms with Crippen LogP contribution in [0.1, 0.15) is 24.8 Å².